The summed E-state index contributed by atoms with van der Waals surface area (Å²) in [5, 5.41) is 4.42. The maximum atomic E-state index is 13.4. The highest BCUT2D eigenvalue weighted by molar-refractivity contribution is 6.32. The van der Waals surface area contributed by atoms with E-state index in [9.17, 15) is 13.6 Å². The van der Waals surface area contributed by atoms with Crippen LogP contribution >= 0.6 is 11.6 Å². The Hall–Kier alpha value is -1.66. The fourth-order valence-corrected chi connectivity index (χ4v) is 3.73. The Balaban J connectivity index is 1.70. The van der Waals surface area contributed by atoms with E-state index in [1.165, 1.54) is 4.90 Å². The summed E-state index contributed by atoms with van der Waals surface area (Å²) in [6.07, 6.45) is -0.435. The van der Waals surface area contributed by atoms with Gasteiger partial charge in [-0.25, -0.2) is 8.78 Å². The second-order valence-corrected chi connectivity index (χ2v) is 7.53. The molecular formula is C18H22ClF2N3O. The fourth-order valence-electron chi connectivity index (χ4n) is 3.34. The van der Waals surface area contributed by atoms with E-state index in [1.54, 1.807) is 7.05 Å². The predicted molar refractivity (Wildman–Crippen MR) is 95.2 cm³/mol. The number of aromatic nitrogens is 1. The van der Waals surface area contributed by atoms with E-state index in [4.69, 9.17) is 11.6 Å². The Kier molecular flexibility index (Phi) is 4.77. The van der Waals surface area contributed by atoms with Gasteiger partial charge in [0.15, 0.2) is 0 Å². The molecule has 1 fully saturated rings. The number of likely N-dealkylation sites (N-methyl/N-ethyl adjacent to an activating group) is 1. The third-order valence-corrected chi connectivity index (χ3v) is 5.00. The zero-order chi connectivity index (χ0) is 18.4. The van der Waals surface area contributed by atoms with Crippen LogP contribution in [0.2, 0.25) is 5.02 Å². The number of nitrogens with zero attached hydrogens (tertiary/aromatic N) is 1. The summed E-state index contributed by atoms with van der Waals surface area (Å²) in [5.74, 6) is -2.87. The van der Waals surface area contributed by atoms with Gasteiger partial charge in [-0.2, -0.15) is 0 Å². The highest BCUT2D eigenvalue weighted by Crippen LogP contribution is 2.31. The molecule has 0 spiro atoms. The van der Waals surface area contributed by atoms with Crippen LogP contribution in [0.5, 0.6) is 0 Å². The van der Waals surface area contributed by atoms with Gasteiger partial charge < -0.3 is 10.3 Å². The standard InChI is InChI=1S/C18H22ClF2N3O/c1-10(2)13-6-15-11(5-14(13)19)4-12(23-15)8-22-17(25)16-7-18(20,21)9-24(16)3/h4-6,10,16,23H,7-9H2,1-3H3,(H,22,25). The summed E-state index contributed by atoms with van der Waals surface area (Å²) in [4.78, 5) is 16.9. The van der Waals surface area contributed by atoms with Crippen molar-refractivity contribution in [1.29, 1.82) is 0 Å². The highest BCUT2D eigenvalue weighted by Gasteiger charge is 2.46. The van der Waals surface area contributed by atoms with Crippen LogP contribution in [-0.2, 0) is 11.3 Å². The zero-order valence-electron chi connectivity index (χ0n) is 14.5. The van der Waals surface area contributed by atoms with Gasteiger partial charge in [-0.05, 0) is 36.7 Å². The number of H-pyrrole nitrogens is 1. The number of carbonyl (C=O) groups excluding carboxylic acids is 1. The number of likely N-dealkylation sites (tertiary alicyclic amines) is 1. The summed E-state index contributed by atoms with van der Waals surface area (Å²) >= 11 is 6.30. The monoisotopic (exact) mass is 369 g/mol. The molecule has 0 radical (unpaired) electrons. The van der Waals surface area contributed by atoms with Gasteiger partial charge in [-0.1, -0.05) is 25.4 Å². The van der Waals surface area contributed by atoms with Gasteiger partial charge in [-0.3, -0.25) is 9.69 Å². The normalized spacial score (nSPS) is 20.5. The zero-order valence-corrected chi connectivity index (χ0v) is 15.3. The first-order chi connectivity index (χ1) is 11.7. The van der Waals surface area contributed by atoms with Crippen molar-refractivity contribution in [2.45, 2.75) is 44.7 Å². The lowest BCUT2D eigenvalue weighted by Gasteiger charge is -2.17. The average molecular weight is 370 g/mol. The molecule has 1 saturated heterocycles. The van der Waals surface area contributed by atoms with Gasteiger partial charge in [0.1, 0.15) is 0 Å². The van der Waals surface area contributed by atoms with Gasteiger partial charge in [0.05, 0.1) is 19.1 Å². The molecule has 1 atom stereocenters. The van der Waals surface area contributed by atoms with Gasteiger partial charge in [-0.15, -0.1) is 0 Å². The van der Waals surface area contributed by atoms with E-state index >= 15 is 0 Å². The minimum absolute atomic E-state index is 0.262. The molecule has 2 N–H and O–H groups in total. The molecule has 1 aromatic heterocycles. The van der Waals surface area contributed by atoms with Crippen LogP contribution in [0.3, 0.4) is 0 Å². The smallest absolute Gasteiger partial charge is 0.262 e. The molecule has 4 nitrogen and oxygen atoms in total. The quantitative estimate of drug-likeness (QED) is 0.858. The lowest BCUT2D eigenvalue weighted by atomic mass is 10.0. The van der Waals surface area contributed by atoms with Gasteiger partial charge in [0, 0.05) is 28.0 Å². The SMILES string of the molecule is CC(C)c1cc2[nH]c(CNC(=O)C3CC(F)(F)CN3C)cc2cc1Cl. The van der Waals surface area contributed by atoms with Crippen LogP contribution in [0.4, 0.5) is 8.78 Å². The second-order valence-electron chi connectivity index (χ2n) is 7.12. The van der Waals surface area contributed by atoms with Crippen molar-refractivity contribution in [3.63, 3.8) is 0 Å². The highest BCUT2D eigenvalue weighted by atomic mass is 35.5. The summed E-state index contributed by atoms with van der Waals surface area (Å²) in [5.41, 5.74) is 2.82. The molecule has 1 aliphatic heterocycles. The molecule has 1 aromatic carbocycles. The maximum absolute atomic E-state index is 13.4. The molecule has 136 valence electrons. The van der Waals surface area contributed by atoms with Crippen molar-refractivity contribution in [1.82, 2.24) is 15.2 Å². The summed E-state index contributed by atoms with van der Waals surface area (Å²) in [7, 11) is 1.55. The molecule has 1 amide bonds. The number of carbonyl (C=O) groups is 1. The van der Waals surface area contributed by atoms with Crippen molar-refractivity contribution < 1.29 is 13.6 Å². The van der Waals surface area contributed by atoms with Crippen LogP contribution in [0.25, 0.3) is 10.9 Å². The van der Waals surface area contributed by atoms with Crippen LogP contribution < -0.4 is 5.32 Å². The molecule has 3 rings (SSSR count). The van der Waals surface area contributed by atoms with E-state index < -0.39 is 18.4 Å². The number of benzene rings is 1. The molecule has 2 heterocycles. The maximum Gasteiger partial charge on any atom is 0.262 e. The van der Waals surface area contributed by atoms with E-state index in [0.717, 1.165) is 22.2 Å². The third-order valence-electron chi connectivity index (χ3n) is 4.68. The molecular weight excluding hydrogens is 348 g/mol. The van der Waals surface area contributed by atoms with Crippen LogP contribution in [0.1, 0.15) is 37.4 Å². The van der Waals surface area contributed by atoms with Crippen molar-refractivity contribution in [2.24, 2.45) is 0 Å². The number of hydrogen-bond donors (Lipinski definition) is 2. The molecule has 0 aliphatic carbocycles. The first-order valence-electron chi connectivity index (χ1n) is 8.33. The van der Waals surface area contributed by atoms with E-state index in [1.807, 2.05) is 18.2 Å². The molecule has 1 unspecified atom stereocenters. The van der Waals surface area contributed by atoms with Crippen LogP contribution in [0.15, 0.2) is 18.2 Å². The first-order valence-corrected chi connectivity index (χ1v) is 8.71. The van der Waals surface area contributed by atoms with E-state index in [-0.39, 0.29) is 19.0 Å². The number of rotatable bonds is 4. The fraction of sp³-hybridized carbons (Fsp3) is 0.500. The van der Waals surface area contributed by atoms with Gasteiger partial charge in [0.2, 0.25) is 5.91 Å². The van der Waals surface area contributed by atoms with Crippen molar-refractivity contribution in [3.05, 3.63) is 34.5 Å². The largest absolute Gasteiger partial charge is 0.357 e. The van der Waals surface area contributed by atoms with Crippen LogP contribution in [-0.4, -0.2) is 41.3 Å². The van der Waals surface area contributed by atoms with Gasteiger partial charge >= 0.3 is 0 Å². The Bertz CT molecular complexity index is 803. The molecule has 7 heteroatoms. The number of halogens is 3. The Morgan fingerprint density at radius 1 is 1.44 bits per heavy atom. The number of hydrogen-bond acceptors (Lipinski definition) is 2. The third kappa shape index (κ3) is 3.80. The number of amides is 1. The topological polar surface area (TPSA) is 48.1 Å². The lowest BCUT2D eigenvalue weighted by Crippen LogP contribution is -2.41. The lowest BCUT2D eigenvalue weighted by molar-refractivity contribution is -0.125. The molecule has 0 saturated carbocycles. The second kappa shape index (κ2) is 6.57. The minimum atomic E-state index is -2.80. The summed E-state index contributed by atoms with van der Waals surface area (Å²) in [6.45, 7) is 4.03. The van der Waals surface area contributed by atoms with Gasteiger partial charge in [0.25, 0.3) is 5.92 Å². The Morgan fingerprint density at radius 2 is 2.16 bits per heavy atom. The first kappa shape index (κ1) is 18.1. The average Bonchev–Trinajstić information content (AvgIpc) is 3.02. The van der Waals surface area contributed by atoms with Crippen molar-refractivity contribution >= 4 is 28.4 Å². The molecule has 0 bridgehead atoms. The Morgan fingerprint density at radius 3 is 2.76 bits per heavy atom. The van der Waals surface area contributed by atoms with E-state index in [0.29, 0.717) is 10.9 Å². The predicted octanol–water partition coefficient (Wildman–Crippen LogP) is 3.90. The number of aromatic amines is 1. The number of nitrogens with one attached hydrogen (secondary N) is 2. The molecule has 2 aromatic rings. The molecule has 1 aliphatic rings. The minimum Gasteiger partial charge on any atom is -0.357 e. The summed E-state index contributed by atoms with van der Waals surface area (Å²) < 4.78 is 26.8. The van der Waals surface area contributed by atoms with E-state index in [2.05, 4.69) is 24.1 Å². The Labute approximate surface area is 150 Å². The van der Waals surface area contributed by atoms with Crippen molar-refractivity contribution in [2.75, 3.05) is 13.6 Å². The van der Waals surface area contributed by atoms with Crippen LogP contribution in [0, 0.1) is 0 Å². The van der Waals surface area contributed by atoms with Crippen molar-refractivity contribution in [3.8, 4) is 0 Å². The summed E-state index contributed by atoms with van der Waals surface area (Å²) in [6, 6.07) is 5.04. The number of alkyl halides is 2. The number of fused-ring (bicyclic) bond motifs is 1. The molecule has 25 heavy (non-hydrogen) atoms.